The van der Waals surface area contributed by atoms with Gasteiger partial charge in [0.05, 0.1) is 10.7 Å². The Morgan fingerprint density at radius 1 is 1.16 bits per heavy atom. The summed E-state index contributed by atoms with van der Waals surface area (Å²) in [6.45, 7) is 4.44. The Labute approximate surface area is 149 Å². The molecule has 0 unspecified atom stereocenters. The van der Waals surface area contributed by atoms with E-state index in [1.807, 2.05) is 13.8 Å². The Kier molecular flexibility index (Phi) is 5.14. The van der Waals surface area contributed by atoms with Crippen LogP contribution < -0.4 is 5.32 Å². The highest BCUT2D eigenvalue weighted by Gasteiger charge is 2.11. The summed E-state index contributed by atoms with van der Waals surface area (Å²) in [6.07, 6.45) is 5.21. The van der Waals surface area contributed by atoms with Gasteiger partial charge in [-0.15, -0.1) is 11.3 Å². The van der Waals surface area contributed by atoms with Gasteiger partial charge in [-0.3, -0.25) is 4.79 Å². The van der Waals surface area contributed by atoms with Crippen molar-refractivity contribution in [2.75, 3.05) is 6.54 Å². The lowest BCUT2D eigenvalue weighted by Gasteiger charge is -2.07. The third-order valence-electron chi connectivity index (χ3n) is 3.75. The number of hydrogen-bond donors (Lipinski definition) is 1. The minimum absolute atomic E-state index is 0.269. The van der Waals surface area contributed by atoms with E-state index in [1.165, 1.54) is 23.3 Å². The van der Waals surface area contributed by atoms with Gasteiger partial charge in [0.25, 0.3) is 5.91 Å². The molecule has 0 atom stereocenters. The highest BCUT2D eigenvalue weighted by Crippen LogP contribution is 2.21. The van der Waals surface area contributed by atoms with Crippen molar-refractivity contribution < 1.29 is 9.18 Å². The zero-order valence-electron chi connectivity index (χ0n) is 13.9. The molecule has 1 N–H and O–H groups in total. The van der Waals surface area contributed by atoms with Crippen LogP contribution in [0.2, 0.25) is 0 Å². The predicted molar refractivity (Wildman–Crippen MR) is 95.1 cm³/mol. The second-order valence-corrected chi connectivity index (χ2v) is 6.90. The molecule has 5 nitrogen and oxygen atoms in total. The van der Waals surface area contributed by atoms with Crippen LogP contribution in [0.15, 0.2) is 36.9 Å². The van der Waals surface area contributed by atoms with E-state index in [0.29, 0.717) is 24.1 Å². The maximum Gasteiger partial charge on any atom is 0.251 e. The third kappa shape index (κ3) is 4.24. The Morgan fingerprint density at radius 3 is 2.60 bits per heavy atom. The zero-order chi connectivity index (χ0) is 17.8. The number of rotatable bonds is 5. The summed E-state index contributed by atoms with van der Waals surface area (Å²) < 4.78 is 13.9. The fourth-order valence-electron chi connectivity index (χ4n) is 2.37. The van der Waals surface area contributed by atoms with Crippen LogP contribution in [0.3, 0.4) is 0 Å². The van der Waals surface area contributed by atoms with Crippen molar-refractivity contribution in [3.63, 3.8) is 0 Å². The van der Waals surface area contributed by atoms with Gasteiger partial charge in [0.15, 0.2) is 0 Å². The molecule has 1 amide bonds. The van der Waals surface area contributed by atoms with E-state index in [4.69, 9.17) is 0 Å². The number of nitrogens with one attached hydrogen (secondary N) is 1. The normalized spacial score (nSPS) is 10.7. The molecular formula is C18H17FN4OS. The van der Waals surface area contributed by atoms with Crippen LogP contribution in [0.4, 0.5) is 4.39 Å². The first kappa shape index (κ1) is 17.2. The molecule has 7 heteroatoms. The fraction of sp³-hybridized carbons (Fsp3) is 0.222. The minimum Gasteiger partial charge on any atom is -0.352 e. The summed E-state index contributed by atoms with van der Waals surface area (Å²) in [7, 11) is 0. The van der Waals surface area contributed by atoms with Crippen LogP contribution in [0.5, 0.6) is 0 Å². The quantitative estimate of drug-likeness (QED) is 0.761. The number of carbonyl (C=O) groups excluding carboxylic acids is 1. The number of nitrogens with zero attached hydrogens (tertiary/aromatic N) is 3. The summed E-state index contributed by atoms with van der Waals surface area (Å²) >= 11 is 1.63. The van der Waals surface area contributed by atoms with Gasteiger partial charge >= 0.3 is 0 Å². The first-order valence-corrected chi connectivity index (χ1v) is 8.61. The summed E-state index contributed by atoms with van der Waals surface area (Å²) in [5.41, 5.74) is 2.51. The molecule has 0 aliphatic rings. The van der Waals surface area contributed by atoms with Crippen LogP contribution in [0.1, 0.15) is 25.9 Å². The Morgan fingerprint density at radius 2 is 1.92 bits per heavy atom. The van der Waals surface area contributed by atoms with Gasteiger partial charge in [0, 0.05) is 41.4 Å². The van der Waals surface area contributed by atoms with Crippen molar-refractivity contribution in [1.29, 1.82) is 0 Å². The van der Waals surface area contributed by atoms with E-state index in [9.17, 15) is 9.18 Å². The first-order chi connectivity index (χ1) is 12.0. The highest BCUT2D eigenvalue weighted by atomic mass is 32.1. The number of benzene rings is 1. The molecule has 128 valence electrons. The highest BCUT2D eigenvalue weighted by molar-refractivity contribution is 7.11. The standard InChI is InChI=1S/C18H17FN4OS/c1-11-12(2)25-17(23-11)3-4-22-18(24)14-5-13(6-16(19)7-14)15-8-20-10-21-9-15/h5-10H,3-4H2,1-2H3,(H,22,24). The topological polar surface area (TPSA) is 67.8 Å². The second kappa shape index (κ2) is 7.48. The lowest BCUT2D eigenvalue weighted by Crippen LogP contribution is -2.25. The van der Waals surface area contributed by atoms with E-state index >= 15 is 0 Å². The van der Waals surface area contributed by atoms with Crippen molar-refractivity contribution in [3.05, 3.63) is 63.9 Å². The van der Waals surface area contributed by atoms with Gasteiger partial charge < -0.3 is 5.32 Å². The number of amides is 1. The second-order valence-electron chi connectivity index (χ2n) is 5.61. The van der Waals surface area contributed by atoms with Crippen molar-refractivity contribution >= 4 is 17.2 Å². The molecule has 25 heavy (non-hydrogen) atoms. The van der Waals surface area contributed by atoms with E-state index in [0.717, 1.165) is 10.7 Å². The van der Waals surface area contributed by atoms with Gasteiger partial charge in [-0.2, -0.15) is 0 Å². The van der Waals surface area contributed by atoms with E-state index < -0.39 is 5.82 Å². The zero-order valence-corrected chi connectivity index (χ0v) is 14.7. The van der Waals surface area contributed by atoms with Gasteiger partial charge in [0.2, 0.25) is 0 Å². The summed E-state index contributed by atoms with van der Waals surface area (Å²) in [4.78, 5) is 25.8. The number of carbonyl (C=O) groups is 1. The van der Waals surface area contributed by atoms with Crippen molar-refractivity contribution in [3.8, 4) is 11.1 Å². The molecule has 3 rings (SSSR count). The molecule has 0 saturated heterocycles. The predicted octanol–water partition coefficient (Wildman–Crippen LogP) is 3.33. The molecule has 0 aliphatic carbocycles. The van der Waals surface area contributed by atoms with Crippen LogP contribution in [0.25, 0.3) is 11.1 Å². The Bertz CT molecular complexity index is 876. The third-order valence-corrected chi connectivity index (χ3v) is 4.88. The molecule has 0 fully saturated rings. The molecule has 2 heterocycles. The lowest BCUT2D eigenvalue weighted by molar-refractivity contribution is 0.0953. The van der Waals surface area contributed by atoms with Crippen LogP contribution in [-0.4, -0.2) is 27.4 Å². The lowest BCUT2D eigenvalue weighted by atomic mass is 10.1. The Hall–Kier alpha value is -2.67. The molecule has 0 bridgehead atoms. The molecule has 2 aromatic heterocycles. The largest absolute Gasteiger partial charge is 0.352 e. The average molecular weight is 356 g/mol. The SMILES string of the molecule is Cc1nc(CCNC(=O)c2cc(F)cc(-c3cncnc3)c2)sc1C. The van der Waals surface area contributed by atoms with Gasteiger partial charge in [0.1, 0.15) is 12.1 Å². The van der Waals surface area contributed by atoms with Gasteiger partial charge in [-0.25, -0.2) is 19.3 Å². The van der Waals surface area contributed by atoms with Crippen molar-refractivity contribution in [2.45, 2.75) is 20.3 Å². The molecule has 3 aromatic rings. The Balaban J connectivity index is 1.68. The number of hydrogen-bond acceptors (Lipinski definition) is 5. The number of thiazole rings is 1. The number of halogens is 1. The molecule has 0 spiro atoms. The number of aryl methyl sites for hydroxylation is 2. The first-order valence-electron chi connectivity index (χ1n) is 7.80. The van der Waals surface area contributed by atoms with Crippen LogP contribution >= 0.6 is 11.3 Å². The van der Waals surface area contributed by atoms with Crippen molar-refractivity contribution in [2.24, 2.45) is 0 Å². The van der Waals surface area contributed by atoms with E-state index in [2.05, 4.69) is 20.3 Å². The monoisotopic (exact) mass is 356 g/mol. The molecule has 0 saturated carbocycles. The molecule has 0 aliphatic heterocycles. The summed E-state index contributed by atoms with van der Waals surface area (Å²) in [6, 6.07) is 4.21. The maximum absolute atomic E-state index is 13.9. The van der Waals surface area contributed by atoms with Crippen LogP contribution in [0, 0.1) is 19.7 Å². The fourth-order valence-corrected chi connectivity index (χ4v) is 3.30. The van der Waals surface area contributed by atoms with Crippen LogP contribution in [-0.2, 0) is 6.42 Å². The van der Waals surface area contributed by atoms with Gasteiger partial charge in [-0.1, -0.05) is 0 Å². The molecule has 0 radical (unpaired) electrons. The summed E-state index contributed by atoms with van der Waals surface area (Å²) in [5.74, 6) is -0.791. The molecule has 1 aromatic carbocycles. The van der Waals surface area contributed by atoms with E-state index in [1.54, 1.807) is 29.8 Å². The minimum atomic E-state index is -0.474. The molecular weight excluding hydrogens is 339 g/mol. The van der Waals surface area contributed by atoms with Crippen molar-refractivity contribution in [1.82, 2.24) is 20.3 Å². The summed E-state index contributed by atoms with van der Waals surface area (Å²) in [5, 5.41) is 3.79. The maximum atomic E-state index is 13.9. The average Bonchev–Trinajstić information content (AvgIpc) is 2.93. The number of aromatic nitrogens is 3. The van der Waals surface area contributed by atoms with Gasteiger partial charge in [-0.05, 0) is 37.6 Å². The van der Waals surface area contributed by atoms with E-state index in [-0.39, 0.29) is 11.5 Å². The smallest absolute Gasteiger partial charge is 0.251 e.